The molecule has 1 aliphatic rings. The molecule has 0 bridgehead atoms. The van der Waals surface area contributed by atoms with E-state index < -0.39 is 23.3 Å². The highest BCUT2D eigenvalue weighted by molar-refractivity contribution is 6.11. The maximum atomic E-state index is 12.7. The third kappa shape index (κ3) is 2.96. The van der Waals surface area contributed by atoms with Crippen LogP contribution in [0.4, 0.5) is 0 Å². The molecule has 0 saturated heterocycles. The predicted molar refractivity (Wildman–Crippen MR) is 96.4 cm³/mol. The first-order valence-corrected chi connectivity index (χ1v) is 8.25. The first-order chi connectivity index (χ1) is 12.4. The van der Waals surface area contributed by atoms with Gasteiger partial charge in [-0.1, -0.05) is 59.7 Å². The number of benzene rings is 2. The second-order valence-electron chi connectivity index (χ2n) is 6.46. The molecule has 0 amide bonds. The fraction of sp³-hybridized carbons (Fsp3) is 0.238. The van der Waals surface area contributed by atoms with Crippen molar-refractivity contribution in [2.24, 2.45) is 0 Å². The molecule has 0 radical (unpaired) electrons. The highest BCUT2D eigenvalue weighted by atomic mass is 16.6. The summed E-state index contributed by atoms with van der Waals surface area (Å²) in [5.74, 6) is -2.23. The van der Waals surface area contributed by atoms with Crippen LogP contribution in [0.5, 0.6) is 0 Å². The minimum Gasteiger partial charge on any atom is -0.502 e. The lowest BCUT2D eigenvalue weighted by Gasteiger charge is -2.28. The second kappa shape index (κ2) is 6.67. The molecule has 1 unspecified atom stereocenters. The normalized spacial score (nSPS) is 19.4. The van der Waals surface area contributed by atoms with Crippen LogP contribution in [-0.4, -0.2) is 29.8 Å². The number of rotatable bonds is 4. The summed E-state index contributed by atoms with van der Waals surface area (Å²) in [6, 6.07) is 14.7. The van der Waals surface area contributed by atoms with Crippen LogP contribution in [0.15, 0.2) is 54.3 Å². The van der Waals surface area contributed by atoms with Gasteiger partial charge >= 0.3 is 11.9 Å². The van der Waals surface area contributed by atoms with E-state index in [2.05, 4.69) is 0 Å². The fourth-order valence-corrected chi connectivity index (χ4v) is 3.14. The van der Waals surface area contributed by atoms with E-state index in [0.717, 1.165) is 16.7 Å². The molecule has 1 N–H and O–H groups in total. The number of aliphatic hydroxyl groups excluding tert-OH is 1. The first kappa shape index (κ1) is 17.7. The third-order valence-corrected chi connectivity index (χ3v) is 4.53. The number of methoxy groups -OCH3 is 1. The third-order valence-electron chi connectivity index (χ3n) is 4.53. The van der Waals surface area contributed by atoms with E-state index in [0.29, 0.717) is 5.56 Å². The van der Waals surface area contributed by atoms with Gasteiger partial charge in [0.25, 0.3) is 0 Å². The zero-order valence-corrected chi connectivity index (χ0v) is 14.9. The molecule has 0 aromatic heterocycles. The Kier molecular flexibility index (Phi) is 4.55. The van der Waals surface area contributed by atoms with Gasteiger partial charge in [-0.05, 0) is 25.0 Å². The molecule has 0 fully saturated rings. The van der Waals surface area contributed by atoms with Crippen molar-refractivity contribution in [3.8, 4) is 0 Å². The molecule has 26 heavy (non-hydrogen) atoms. The van der Waals surface area contributed by atoms with Crippen molar-refractivity contribution in [1.29, 1.82) is 0 Å². The summed E-state index contributed by atoms with van der Waals surface area (Å²) < 4.78 is 10.4. The van der Waals surface area contributed by atoms with Crippen LogP contribution >= 0.6 is 0 Å². The lowest BCUT2D eigenvalue weighted by atomic mass is 9.83. The number of ether oxygens (including phenoxy) is 2. The standard InChI is InChI=1S/C21H20O5/c1-13-4-8-15(9-5-13)12-21(20(24)25-3)17(18(22)19(23)26-21)16-10-6-14(2)7-11-16/h4-11,22H,12H2,1-3H3. The van der Waals surface area contributed by atoms with E-state index in [9.17, 15) is 14.7 Å². The first-order valence-electron chi connectivity index (χ1n) is 8.25. The maximum Gasteiger partial charge on any atom is 0.375 e. The molecular formula is C21H20O5. The van der Waals surface area contributed by atoms with Crippen molar-refractivity contribution in [3.05, 3.63) is 76.5 Å². The van der Waals surface area contributed by atoms with Crippen LogP contribution in [-0.2, 0) is 25.5 Å². The summed E-state index contributed by atoms with van der Waals surface area (Å²) in [5, 5.41) is 10.4. The highest BCUT2D eigenvalue weighted by Gasteiger charge is 2.55. The summed E-state index contributed by atoms with van der Waals surface area (Å²) in [4.78, 5) is 24.9. The molecule has 0 saturated carbocycles. The second-order valence-corrected chi connectivity index (χ2v) is 6.46. The largest absolute Gasteiger partial charge is 0.502 e. The Labute approximate surface area is 151 Å². The molecule has 2 aromatic rings. The van der Waals surface area contributed by atoms with Crippen molar-refractivity contribution in [1.82, 2.24) is 0 Å². The van der Waals surface area contributed by atoms with Crippen LogP contribution in [0.3, 0.4) is 0 Å². The Morgan fingerprint density at radius 1 is 1.04 bits per heavy atom. The summed E-state index contributed by atoms with van der Waals surface area (Å²) >= 11 is 0. The van der Waals surface area contributed by atoms with Gasteiger partial charge in [-0.3, -0.25) is 0 Å². The van der Waals surface area contributed by atoms with Crippen molar-refractivity contribution in [2.75, 3.05) is 7.11 Å². The van der Waals surface area contributed by atoms with Crippen molar-refractivity contribution >= 4 is 17.5 Å². The van der Waals surface area contributed by atoms with Crippen molar-refractivity contribution in [3.63, 3.8) is 0 Å². The molecule has 0 spiro atoms. The van der Waals surface area contributed by atoms with Gasteiger partial charge in [-0.15, -0.1) is 0 Å². The Hall–Kier alpha value is -3.08. The Morgan fingerprint density at radius 2 is 1.58 bits per heavy atom. The van der Waals surface area contributed by atoms with Crippen molar-refractivity contribution < 1.29 is 24.2 Å². The van der Waals surface area contributed by atoms with Gasteiger partial charge in [-0.25, -0.2) is 9.59 Å². The lowest BCUT2D eigenvalue weighted by molar-refractivity contribution is -0.169. The fourth-order valence-electron chi connectivity index (χ4n) is 3.14. The lowest BCUT2D eigenvalue weighted by Crippen LogP contribution is -2.44. The molecule has 1 aliphatic heterocycles. The van der Waals surface area contributed by atoms with Crippen LogP contribution in [0.2, 0.25) is 0 Å². The Bertz CT molecular complexity index is 878. The number of hydrogen-bond acceptors (Lipinski definition) is 5. The topological polar surface area (TPSA) is 72.8 Å². The smallest absolute Gasteiger partial charge is 0.375 e. The summed E-state index contributed by atoms with van der Waals surface area (Å²) in [6.45, 7) is 3.88. The Morgan fingerprint density at radius 3 is 2.12 bits per heavy atom. The number of carbonyl (C=O) groups excluding carboxylic acids is 2. The van der Waals surface area contributed by atoms with Gasteiger partial charge in [0.05, 0.1) is 12.7 Å². The minimum absolute atomic E-state index is 0.0684. The molecule has 134 valence electrons. The van der Waals surface area contributed by atoms with E-state index in [1.54, 1.807) is 12.1 Å². The van der Waals surface area contributed by atoms with Gasteiger partial charge in [-0.2, -0.15) is 0 Å². The average Bonchev–Trinajstić information content (AvgIpc) is 2.88. The molecule has 5 heteroatoms. The minimum atomic E-state index is -1.72. The zero-order valence-electron chi connectivity index (χ0n) is 14.9. The number of aliphatic hydroxyl groups is 1. The maximum absolute atomic E-state index is 12.7. The van der Waals surface area contributed by atoms with Crippen molar-refractivity contribution in [2.45, 2.75) is 25.9 Å². The average molecular weight is 352 g/mol. The monoisotopic (exact) mass is 352 g/mol. The SMILES string of the molecule is COC(=O)C1(Cc2ccc(C)cc2)OC(=O)C(O)=C1c1ccc(C)cc1. The molecule has 0 aliphatic carbocycles. The number of cyclic esters (lactones) is 1. The molecule has 5 nitrogen and oxygen atoms in total. The summed E-state index contributed by atoms with van der Waals surface area (Å²) in [7, 11) is 1.23. The number of esters is 2. The van der Waals surface area contributed by atoms with Crippen LogP contribution < -0.4 is 0 Å². The predicted octanol–water partition coefficient (Wildman–Crippen LogP) is 3.28. The summed E-state index contributed by atoms with van der Waals surface area (Å²) in [5.41, 5.74) is 1.82. The Balaban J connectivity index is 2.15. The van der Waals surface area contributed by atoms with Gasteiger partial charge in [0.15, 0.2) is 0 Å². The molecule has 1 atom stereocenters. The van der Waals surface area contributed by atoms with Gasteiger partial charge in [0.1, 0.15) is 0 Å². The van der Waals surface area contributed by atoms with Gasteiger partial charge in [0.2, 0.25) is 11.4 Å². The molecular weight excluding hydrogens is 332 g/mol. The van der Waals surface area contributed by atoms with Crippen LogP contribution in [0.25, 0.3) is 5.57 Å². The van der Waals surface area contributed by atoms with E-state index in [1.807, 2.05) is 50.2 Å². The quantitative estimate of drug-likeness (QED) is 0.855. The molecule has 3 rings (SSSR count). The number of hydrogen-bond donors (Lipinski definition) is 1. The molecule has 1 heterocycles. The molecule has 2 aromatic carbocycles. The van der Waals surface area contributed by atoms with Crippen LogP contribution in [0.1, 0.15) is 22.3 Å². The van der Waals surface area contributed by atoms with Gasteiger partial charge < -0.3 is 14.6 Å². The zero-order chi connectivity index (χ0) is 18.9. The highest BCUT2D eigenvalue weighted by Crippen LogP contribution is 2.42. The van der Waals surface area contributed by atoms with Gasteiger partial charge in [0, 0.05) is 6.42 Å². The number of aryl methyl sites for hydroxylation is 2. The van der Waals surface area contributed by atoms with E-state index in [1.165, 1.54) is 7.11 Å². The van der Waals surface area contributed by atoms with Crippen LogP contribution in [0, 0.1) is 13.8 Å². The number of carbonyl (C=O) groups is 2. The van der Waals surface area contributed by atoms with E-state index in [4.69, 9.17) is 9.47 Å². The van der Waals surface area contributed by atoms with E-state index in [-0.39, 0.29) is 12.0 Å². The van der Waals surface area contributed by atoms with E-state index >= 15 is 0 Å². The summed E-state index contributed by atoms with van der Waals surface area (Å²) in [6.07, 6.45) is 0.0684.